The van der Waals surface area contributed by atoms with Crippen LogP contribution in [0.4, 0.5) is 0 Å². The number of hydrogen-bond donors (Lipinski definition) is 1. The Morgan fingerprint density at radius 3 is 1.83 bits per heavy atom. The van der Waals surface area contributed by atoms with Crippen LogP contribution in [-0.4, -0.2) is 12.2 Å². The Kier molecular flexibility index (Phi) is 5.93. The molecule has 0 aliphatic rings. The molecule has 0 spiro atoms. The van der Waals surface area contributed by atoms with E-state index >= 15 is 0 Å². The third-order valence-electron chi connectivity index (χ3n) is 2.11. The lowest BCUT2D eigenvalue weighted by atomic mass is 10.2. The fraction of sp³-hybridized carbons (Fsp3) is 0.538. The van der Waals surface area contributed by atoms with Gasteiger partial charge in [-0.1, -0.05) is 30.3 Å². The lowest BCUT2D eigenvalue weighted by Gasteiger charge is -2.27. The van der Waals surface area contributed by atoms with Crippen molar-refractivity contribution < 1.29 is 13.6 Å². The maximum atomic E-state index is 12.8. The first-order valence-corrected chi connectivity index (χ1v) is 8.17. The molecule has 0 saturated carbocycles. The van der Waals surface area contributed by atoms with Crippen LogP contribution in [0.1, 0.15) is 38.2 Å². The first-order valence-electron chi connectivity index (χ1n) is 6.04. The van der Waals surface area contributed by atoms with Crippen molar-refractivity contribution in [2.75, 3.05) is 0 Å². The second-order valence-electron chi connectivity index (χ2n) is 4.63. The summed E-state index contributed by atoms with van der Waals surface area (Å²) in [5.74, 6) is 0. The van der Waals surface area contributed by atoms with E-state index in [1.165, 1.54) is 0 Å². The van der Waals surface area contributed by atoms with Crippen molar-refractivity contribution in [1.82, 2.24) is 0 Å². The average Bonchev–Trinajstić information content (AvgIpc) is 2.27. The van der Waals surface area contributed by atoms with Gasteiger partial charge in [-0.3, -0.25) is 4.57 Å². The fourth-order valence-corrected chi connectivity index (χ4v) is 4.03. The van der Waals surface area contributed by atoms with E-state index in [1.54, 1.807) is 0 Å². The summed E-state index contributed by atoms with van der Waals surface area (Å²) in [7, 11) is -3.28. The van der Waals surface area contributed by atoms with Crippen molar-refractivity contribution in [1.29, 1.82) is 0 Å². The lowest BCUT2D eigenvalue weighted by molar-refractivity contribution is 0.141. The summed E-state index contributed by atoms with van der Waals surface area (Å²) in [5, 5.41) is 0. The molecule has 0 aromatic heterocycles. The molecule has 0 saturated heterocycles. The molecule has 0 aliphatic carbocycles. The highest BCUT2D eigenvalue weighted by Gasteiger charge is 2.36. The van der Waals surface area contributed by atoms with Crippen molar-refractivity contribution in [2.45, 2.75) is 44.9 Å². The van der Waals surface area contributed by atoms with Gasteiger partial charge in [0.05, 0.1) is 12.2 Å². The summed E-state index contributed by atoms with van der Waals surface area (Å²) < 4.78 is 23.9. The van der Waals surface area contributed by atoms with Crippen molar-refractivity contribution in [3.8, 4) is 0 Å². The normalized spacial score (nSPS) is 14.2. The van der Waals surface area contributed by atoms with E-state index in [9.17, 15) is 4.57 Å². The van der Waals surface area contributed by atoms with Crippen molar-refractivity contribution >= 4 is 20.2 Å². The highest BCUT2D eigenvalue weighted by molar-refractivity contribution is 7.89. The van der Waals surface area contributed by atoms with Crippen molar-refractivity contribution in [3.05, 3.63) is 35.9 Å². The molecule has 0 amide bonds. The summed E-state index contributed by atoms with van der Waals surface area (Å²) in [4.78, 5) is -0.566. The Morgan fingerprint density at radius 2 is 1.44 bits per heavy atom. The molecule has 0 unspecified atom stereocenters. The number of thiol groups is 1. The quantitative estimate of drug-likeness (QED) is 0.611. The Balaban J connectivity index is 2.99. The minimum atomic E-state index is -3.28. The highest BCUT2D eigenvalue weighted by Crippen LogP contribution is 2.64. The van der Waals surface area contributed by atoms with Crippen LogP contribution in [0.25, 0.3) is 0 Å². The molecule has 1 aromatic rings. The first kappa shape index (κ1) is 15.8. The molecule has 0 radical (unpaired) electrons. The summed E-state index contributed by atoms with van der Waals surface area (Å²) in [6.45, 7) is 7.34. The van der Waals surface area contributed by atoms with E-state index in [-0.39, 0.29) is 12.2 Å². The van der Waals surface area contributed by atoms with Gasteiger partial charge in [0.1, 0.15) is 4.99 Å². The van der Waals surface area contributed by atoms with Gasteiger partial charge in [0, 0.05) is 0 Å². The third-order valence-corrected chi connectivity index (χ3v) is 5.59. The van der Waals surface area contributed by atoms with Gasteiger partial charge in [-0.05, 0) is 33.3 Å². The third kappa shape index (κ3) is 4.43. The summed E-state index contributed by atoms with van der Waals surface area (Å²) in [5.41, 5.74) is 0.838. The van der Waals surface area contributed by atoms with Crippen LogP contribution in [0.3, 0.4) is 0 Å². The van der Waals surface area contributed by atoms with Gasteiger partial charge in [-0.2, -0.15) is 12.6 Å². The van der Waals surface area contributed by atoms with Gasteiger partial charge in [0.2, 0.25) is 0 Å². The topological polar surface area (TPSA) is 35.5 Å². The van der Waals surface area contributed by atoms with Crippen LogP contribution in [0.15, 0.2) is 30.3 Å². The maximum Gasteiger partial charge on any atom is 0.348 e. The minimum absolute atomic E-state index is 0.173. The zero-order valence-electron chi connectivity index (χ0n) is 11.2. The van der Waals surface area contributed by atoms with Crippen LogP contribution < -0.4 is 0 Å². The fourth-order valence-electron chi connectivity index (χ4n) is 1.54. The molecule has 0 fully saturated rings. The van der Waals surface area contributed by atoms with E-state index in [1.807, 2.05) is 58.0 Å². The molecule has 0 N–H and O–H groups in total. The van der Waals surface area contributed by atoms with E-state index in [4.69, 9.17) is 9.05 Å². The zero-order chi connectivity index (χ0) is 13.8. The standard InChI is InChI=1S/C13H21O3PS/c1-10(2)15-17(14,16-11(3)4)13(18)12-8-6-5-7-9-12/h5-11,13,18H,1-4H3/t13-/m1/s1. The molecule has 3 nitrogen and oxygen atoms in total. The molecule has 0 bridgehead atoms. The molecule has 102 valence electrons. The molecule has 0 heterocycles. The molecule has 5 heteroatoms. The van der Waals surface area contributed by atoms with E-state index < -0.39 is 12.6 Å². The van der Waals surface area contributed by atoms with E-state index in [2.05, 4.69) is 12.6 Å². The monoisotopic (exact) mass is 288 g/mol. The predicted octanol–water partition coefficient (Wildman–Crippen LogP) is 4.66. The van der Waals surface area contributed by atoms with Gasteiger partial charge in [-0.15, -0.1) is 0 Å². The Labute approximate surface area is 115 Å². The van der Waals surface area contributed by atoms with E-state index in [0.29, 0.717) is 0 Å². The van der Waals surface area contributed by atoms with Crippen LogP contribution in [0.2, 0.25) is 0 Å². The number of hydrogen-bond acceptors (Lipinski definition) is 4. The molecule has 18 heavy (non-hydrogen) atoms. The largest absolute Gasteiger partial charge is 0.348 e. The smallest absolute Gasteiger partial charge is 0.305 e. The summed E-state index contributed by atoms with van der Waals surface area (Å²) >= 11 is 4.44. The first-order chi connectivity index (χ1) is 8.35. The molecule has 1 atom stereocenters. The number of benzene rings is 1. The second-order valence-corrected chi connectivity index (χ2v) is 7.57. The maximum absolute atomic E-state index is 12.8. The van der Waals surface area contributed by atoms with Gasteiger partial charge < -0.3 is 9.05 Å². The Bertz CT molecular complexity index is 392. The lowest BCUT2D eigenvalue weighted by Crippen LogP contribution is -2.11. The zero-order valence-corrected chi connectivity index (χ0v) is 13.0. The molecule has 0 aliphatic heterocycles. The molecular weight excluding hydrogens is 267 g/mol. The Morgan fingerprint density at radius 1 is 1.00 bits per heavy atom. The average molecular weight is 288 g/mol. The highest BCUT2D eigenvalue weighted by atomic mass is 32.1. The number of rotatable bonds is 6. The summed E-state index contributed by atoms with van der Waals surface area (Å²) in [6.07, 6.45) is -0.346. The second kappa shape index (κ2) is 6.76. The van der Waals surface area contributed by atoms with Gasteiger partial charge in [-0.25, -0.2) is 0 Å². The summed E-state index contributed by atoms with van der Waals surface area (Å²) in [6, 6.07) is 9.41. The molecule has 1 rings (SSSR count). The molecular formula is C13H21O3PS. The Hall–Kier alpha value is -0.280. The van der Waals surface area contributed by atoms with Crippen molar-refractivity contribution in [2.24, 2.45) is 0 Å². The predicted molar refractivity (Wildman–Crippen MR) is 78.2 cm³/mol. The van der Waals surface area contributed by atoms with Crippen LogP contribution in [0, 0.1) is 0 Å². The molecule has 1 aromatic carbocycles. The van der Waals surface area contributed by atoms with Crippen LogP contribution in [-0.2, 0) is 13.6 Å². The van der Waals surface area contributed by atoms with Gasteiger partial charge in [0.15, 0.2) is 0 Å². The van der Waals surface area contributed by atoms with Gasteiger partial charge in [0.25, 0.3) is 0 Å². The van der Waals surface area contributed by atoms with Crippen LogP contribution in [0.5, 0.6) is 0 Å². The SMILES string of the molecule is CC(C)OP(=O)(OC(C)C)[C@H](S)c1ccccc1. The van der Waals surface area contributed by atoms with Gasteiger partial charge >= 0.3 is 7.60 Å². The minimum Gasteiger partial charge on any atom is -0.305 e. The van der Waals surface area contributed by atoms with Crippen molar-refractivity contribution in [3.63, 3.8) is 0 Å². The van der Waals surface area contributed by atoms with E-state index in [0.717, 1.165) is 5.56 Å². The van der Waals surface area contributed by atoms with Crippen LogP contribution >= 0.6 is 20.2 Å².